The second-order valence-corrected chi connectivity index (χ2v) is 4.47. The molecule has 0 spiro atoms. The van der Waals surface area contributed by atoms with Crippen molar-refractivity contribution in [2.75, 3.05) is 0 Å². The number of rotatable bonds is 4. The molecule has 0 amide bonds. The van der Waals surface area contributed by atoms with Gasteiger partial charge in [0.25, 0.3) is 0 Å². The third-order valence-electron chi connectivity index (χ3n) is 2.76. The zero-order valence-corrected chi connectivity index (χ0v) is 13.6. The molecule has 0 aliphatic heterocycles. The molecule has 0 bridgehead atoms. The Labute approximate surface area is 133 Å². The normalized spacial score (nSPS) is 8.38. The lowest BCUT2D eigenvalue weighted by Gasteiger charge is -1.93. The van der Waals surface area contributed by atoms with Crippen molar-refractivity contribution in [1.82, 2.24) is 0 Å². The molecule has 0 saturated heterocycles. The summed E-state index contributed by atoms with van der Waals surface area (Å²) >= 11 is 0. The Kier molecular flexibility index (Phi) is 17.1. The Morgan fingerprint density at radius 3 is 1.10 bits per heavy atom. The van der Waals surface area contributed by atoms with Crippen LogP contribution in [0.25, 0.3) is 0 Å². The summed E-state index contributed by atoms with van der Waals surface area (Å²) in [6.07, 6.45) is 4.90. The van der Waals surface area contributed by atoms with Gasteiger partial charge in [0.1, 0.15) is 0 Å². The first-order valence-corrected chi connectivity index (χ1v) is 7.94. The van der Waals surface area contributed by atoms with Gasteiger partial charge in [0, 0.05) is 0 Å². The van der Waals surface area contributed by atoms with Gasteiger partial charge < -0.3 is 0 Å². The van der Waals surface area contributed by atoms with Crippen LogP contribution in [0, 0.1) is 0 Å². The number of aryl methyl sites for hydroxylation is 2. The van der Waals surface area contributed by atoms with Gasteiger partial charge in [0.15, 0.2) is 0 Å². The van der Waals surface area contributed by atoms with Gasteiger partial charge in [-0.2, -0.15) is 0 Å². The predicted molar refractivity (Wildman–Crippen MR) is 99.0 cm³/mol. The van der Waals surface area contributed by atoms with E-state index in [9.17, 15) is 0 Å². The van der Waals surface area contributed by atoms with Crippen LogP contribution in [0.2, 0.25) is 0 Å². The average Bonchev–Trinajstić information content (AvgIpc) is 2.53. The summed E-state index contributed by atoms with van der Waals surface area (Å²) in [6.45, 7) is 8.40. The molecule has 118 valence electrons. The molecule has 0 fully saturated rings. The SMILES string of the molecule is C.CC.CCCc1ccccc1.CCCc1ccccc1. The average molecular weight is 287 g/mol. The summed E-state index contributed by atoms with van der Waals surface area (Å²) in [5, 5.41) is 0. The highest BCUT2D eigenvalue weighted by atomic mass is 13.9. The first kappa shape index (κ1) is 21.7. The summed E-state index contributed by atoms with van der Waals surface area (Å²) in [7, 11) is 0. The molecule has 0 heterocycles. The second kappa shape index (κ2) is 16.5. The molecule has 2 aromatic carbocycles. The Balaban J connectivity index is 0. The minimum absolute atomic E-state index is 0. The van der Waals surface area contributed by atoms with Gasteiger partial charge in [-0.05, 0) is 24.0 Å². The van der Waals surface area contributed by atoms with Crippen LogP contribution in [-0.2, 0) is 12.8 Å². The van der Waals surface area contributed by atoms with Gasteiger partial charge in [-0.3, -0.25) is 0 Å². The number of hydrogen-bond donors (Lipinski definition) is 0. The first-order chi connectivity index (χ1) is 9.86. The van der Waals surface area contributed by atoms with Gasteiger partial charge in [-0.15, -0.1) is 0 Å². The number of hydrogen-bond acceptors (Lipinski definition) is 0. The molecule has 21 heavy (non-hydrogen) atoms. The van der Waals surface area contributed by atoms with Crippen LogP contribution in [0.1, 0.15) is 59.1 Å². The lowest BCUT2D eigenvalue weighted by atomic mass is 10.1. The predicted octanol–water partition coefficient (Wildman–Crippen LogP) is 6.94. The molecule has 0 unspecified atom stereocenters. The molecule has 0 aromatic heterocycles. The molecule has 0 N–H and O–H groups in total. The third kappa shape index (κ3) is 11.9. The fraction of sp³-hybridized carbons (Fsp3) is 0.429. The third-order valence-corrected chi connectivity index (χ3v) is 2.76. The molecule has 2 aromatic rings. The molecular weight excluding hydrogens is 252 g/mol. The van der Waals surface area contributed by atoms with Crippen molar-refractivity contribution in [2.45, 2.75) is 60.8 Å². The van der Waals surface area contributed by atoms with E-state index < -0.39 is 0 Å². The maximum absolute atomic E-state index is 2.20. The van der Waals surface area contributed by atoms with E-state index in [1.807, 2.05) is 13.8 Å². The van der Waals surface area contributed by atoms with Crippen LogP contribution in [0.15, 0.2) is 60.7 Å². The molecule has 0 saturated carbocycles. The van der Waals surface area contributed by atoms with Crippen molar-refractivity contribution >= 4 is 0 Å². The topological polar surface area (TPSA) is 0 Å². The van der Waals surface area contributed by atoms with Crippen molar-refractivity contribution in [3.63, 3.8) is 0 Å². The zero-order valence-electron chi connectivity index (χ0n) is 13.6. The minimum atomic E-state index is 0. The van der Waals surface area contributed by atoms with E-state index in [0.717, 1.165) is 0 Å². The molecular formula is C21H34. The van der Waals surface area contributed by atoms with Crippen molar-refractivity contribution in [3.8, 4) is 0 Å². The summed E-state index contributed by atoms with van der Waals surface area (Å²) in [5.74, 6) is 0. The molecule has 0 aliphatic rings. The fourth-order valence-electron chi connectivity index (χ4n) is 1.87. The Hall–Kier alpha value is -1.56. The van der Waals surface area contributed by atoms with Gasteiger partial charge in [-0.1, -0.05) is 109 Å². The number of benzene rings is 2. The minimum Gasteiger partial charge on any atom is -0.0776 e. The lowest BCUT2D eigenvalue weighted by Crippen LogP contribution is -1.78. The Morgan fingerprint density at radius 2 is 0.857 bits per heavy atom. The monoisotopic (exact) mass is 286 g/mol. The maximum atomic E-state index is 2.20. The standard InChI is InChI=1S/2C9H12.C2H6.CH4/c2*1-2-6-9-7-4-3-5-8-9;1-2;/h2*3-5,7-8H,2,6H2,1H3;1-2H3;1H4. The van der Waals surface area contributed by atoms with Crippen molar-refractivity contribution < 1.29 is 0 Å². The highest BCUT2D eigenvalue weighted by Gasteiger charge is 1.85. The van der Waals surface area contributed by atoms with Gasteiger partial charge in [0.05, 0.1) is 0 Å². The van der Waals surface area contributed by atoms with E-state index >= 15 is 0 Å². The second-order valence-electron chi connectivity index (χ2n) is 4.47. The lowest BCUT2D eigenvalue weighted by molar-refractivity contribution is 0.922. The highest BCUT2D eigenvalue weighted by molar-refractivity contribution is 5.14. The summed E-state index contributed by atoms with van der Waals surface area (Å²) in [4.78, 5) is 0. The molecule has 0 radical (unpaired) electrons. The first-order valence-electron chi connectivity index (χ1n) is 7.94. The van der Waals surface area contributed by atoms with Crippen LogP contribution < -0.4 is 0 Å². The Bertz CT molecular complexity index is 347. The van der Waals surface area contributed by atoms with E-state index in [0.29, 0.717) is 0 Å². The fourth-order valence-corrected chi connectivity index (χ4v) is 1.87. The van der Waals surface area contributed by atoms with Crippen LogP contribution in [-0.4, -0.2) is 0 Å². The van der Waals surface area contributed by atoms with Gasteiger partial charge in [0.2, 0.25) is 0 Å². The molecule has 0 aliphatic carbocycles. The van der Waals surface area contributed by atoms with E-state index in [-0.39, 0.29) is 7.43 Å². The van der Waals surface area contributed by atoms with Crippen molar-refractivity contribution in [2.24, 2.45) is 0 Å². The van der Waals surface area contributed by atoms with Gasteiger partial charge in [-0.25, -0.2) is 0 Å². The van der Waals surface area contributed by atoms with Crippen LogP contribution in [0.5, 0.6) is 0 Å². The Morgan fingerprint density at radius 1 is 0.571 bits per heavy atom. The van der Waals surface area contributed by atoms with Crippen LogP contribution in [0.4, 0.5) is 0 Å². The van der Waals surface area contributed by atoms with E-state index in [2.05, 4.69) is 74.5 Å². The molecule has 0 nitrogen and oxygen atoms in total. The van der Waals surface area contributed by atoms with Crippen molar-refractivity contribution in [1.29, 1.82) is 0 Å². The highest BCUT2D eigenvalue weighted by Crippen LogP contribution is 2.01. The molecule has 2 rings (SSSR count). The quantitative estimate of drug-likeness (QED) is 0.571. The summed E-state index contributed by atoms with van der Waals surface area (Å²) in [6, 6.07) is 21.1. The van der Waals surface area contributed by atoms with Gasteiger partial charge >= 0.3 is 0 Å². The molecule has 0 heteroatoms. The summed E-state index contributed by atoms with van der Waals surface area (Å²) < 4.78 is 0. The van der Waals surface area contributed by atoms with E-state index in [1.165, 1.54) is 36.8 Å². The van der Waals surface area contributed by atoms with Crippen molar-refractivity contribution in [3.05, 3.63) is 71.8 Å². The van der Waals surface area contributed by atoms with Crippen LogP contribution in [0.3, 0.4) is 0 Å². The largest absolute Gasteiger partial charge is 0.0776 e. The zero-order chi connectivity index (χ0) is 15.1. The smallest absolute Gasteiger partial charge is 0.0281 e. The van der Waals surface area contributed by atoms with Crippen LogP contribution >= 0.6 is 0 Å². The summed E-state index contributed by atoms with van der Waals surface area (Å²) in [5.41, 5.74) is 2.89. The van der Waals surface area contributed by atoms with E-state index in [4.69, 9.17) is 0 Å². The maximum Gasteiger partial charge on any atom is -0.0281 e. The molecule has 0 atom stereocenters. The van der Waals surface area contributed by atoms with E-state index in [1.54, 1.807) is 0 Å².